The first kappa shape index (κ1) is 18.2. The molecule has 0 aromatic carbocycles. The Labute approximate surface area is 161 Å². The number of furan rings is 1. The molecule has 1 aliphatic carbocycles. The number of carbonyl (C=O) groups is 1. The van der Waals surface area contributed by atoms with Gasteiger partial charge in [-0.1, -0.05) is 0 Å². The number of carbonyl (C=O) groups excluding carboxylic acids is 1. The van der Waals surface area contributed by atoms with Gasteiger partial charge in [0.2, 0.25) is 11.8 Å². The van der Waals surface area contributed by atoms with E-state index in [0.29, 0.717) is 30.6 Å². The molecule has 0 atom stereocenters. The van der Waals surface area contributed by atoms with E-state index >= 15 is 0 Å². The normalized spacial score (nSPS) is 17.4. The first-order valence-corrected chi connectivity index (χ1v) is 9.40. The van der Waals surface area contributed by atoms with Crippen molar-refractivity contribution in [3.05, 3.63) is 40.0 Å². The highest BCUT2D eigenvalue weighted by atomic mass is 16.6. The monoisotopic (exact) mass is 386 g/mol. The first-order chi connectivity index (χ1) is 13.5. The molecule has 28 heavy (non-hydrogen) atoms. The van der Waals surface area contributed by atoms with Crippen molar-refractivity contribution < 1.29 is 14.1 Å². The van der Waals surface area contributed by atoms with Crippen LogP contribution in [0, 0.1) is 17.0 Å². The van der Waals surface area contributed by atoms with E-state index in [4.69, 9.17) is 4.42 Å². The van der Waals surface area contributed by atoms with Gasteiger partial charge >= 0.3 is 5.69 Å². The lowest BCUT2D eigenvalue weighted by Crippen LogP contribution is -2.45. The molecule has 2 fully saturated rings. The zero-order valence-electron chi connectivity index (χ0n) is 15.6. The Balaban J connectivity index is 1.38. The highest BCUT2D eigenvalue weighted by molar-refractivity contribution is 5.91. The predicted octanol–water partition coefficient (Wildman–Crippen LogP) is 2.26. The summed E-state index contributed by atoms with van der Waals surface area (Å²) in [6.07, 6.45) is 4.72. The van der Waals surface area contributed by atoms with Gasteiger partial charge in [0, 0.05) is 25.2 Å². The van der Waals surface area contributed by atoms with Crippen molar-refractivity contribution in [1.29, 1.82) is 0 Å². The first-order valence-electron chi connectivity index (χ1n) is 9.40. The van der Waals surface area contributed by atoms with Crippen LogP contribution in [0.2, 0.25) is 0 Å². The Morgan fingerprint density at radius 1 is 1.25 bits per heavy atom. The van der Waals surface area contributed by atoms with Crippen LogP contribution < -0.4 is 15.5 Å². The molecule has 10 heteroatoms. The maximum atomic E-state index is 12.2. The number of nitro groups is 1. The summed E-state index contributed by atoms with van der Waals surface area (Å²) in [5.74, 6) is 1.55. The van der Waals surface area contributed by atoms with E-state index in [9.17, 15) is 14.9 Å². The van der Waals surface area contributed by atoms with Crippen molar-refractivity contribution in [2.24, 2.45) is 0 Å². The van der Waals surface area contributed by atoms with Crippen LogP contribution >= 0.6 is 0 Å². The van der Waals surface area contributed by atoms with E-state index < -0.39 is 4.92 Å². The topological polar surface area (TPSA) is 126 Å². The SMILES string of the molecule is Cc1ccc(C(=O)NC2CCN(c3ncc([N+](=O)[O-])c(NC4CC4)n3)CC2)o1. The third-order valence-corrected chi connectivity index (χ3v) is 4.95. The molecule has 4 rings (SSSR count). The standard InChI is InChI=1S/C18H22N6O4/c1-11-2-5-15(28-11)17(25)21-13-6-8-23(9-7-13)18-19-10-14(24(26)27)16(22-18)20-12-3-4-12/h2,5,10,12-13H,3-4,6-9H2,1H3,(H,21,25)(H,19,20,22). The molecule has 1 amide bonds. The number of hydrogen-bond acceptors (Lipinski definition) is 8. The summed E-state index contributed by atoms with van der Waals surface area (Å²) < 4.78 is 5.35. The summed E-state index contributed by atoms with van der Waals surface area (Å²) in [6.45, 7) is 3.11. The van der Waals surface area contributed by atoms with Crippen molar-refractivity contribution in [2.75, 3.05) is 23.3 Å². The number of piperidine rings is 1. The van der Waals surface area contributed by atoms with Crippen LogP contribution in [0.5, 0.6) is 0 Å². The summed E-state index contributed by atoms with van der Waals surface area (Å²) in [4.78, 5) is 33.5. The van der Waals surface area contributed by atoms with Gasteiger partial charge in [0.1, 0.15) is 12.0 Å². The van der Waals surface area contributed by atoms with Crippen LogP contribution in [0.4, 0.5) is 17.5 Å². The summed E-state index contributed by atoms with van der Waals surface area (Å²) in [6, 6.07) is 3.72. The van der Waals surface area contributed by atoms with Crippen molar-refractivity contribution in [1.82, 2.24) is 15.3 Å². The number of amides is 1. The van der Waals surface area contributed by atoms with Gasteiger partial charge in [0.15, 0.2) is 5.76 Å². The zero-order valence-corrected chi connectivity index (χ0v) is 15.6. The summed E-state index contributed by atoms with van der Waals surface area (Å²) in [7, 11) is 0. The number of rotatable bonds is 6. The minimum absolute atomic E-state index is 0.0382. The number of aromatic nitrogens is 2. The van der Waals surface area contributed by atoms with E-state index in [2.05, 4.69) is 20.6 Å². The molecular formula is C18H22N6O4. The molecule has 2 aliphatic rings. The van der Waals surface area contributed by atoms with Gasteiger partial charge in [-0.3, -0.25) is 14.9 Å². The molecule has 1 saturated carbocycles. The maximum Gasteiger partial charge on any atom is 0.329 e. The Hall–Kier alpha value is -3.17. The second kappa shape index (κ2) is 7.45. The average Bonchev–Trinajstić information content (AvgIpc) is 3.39. The minimum atomic E-state index is -0.466. The van der Waals surface area contributed by atoms with Crippen LogP contribution in [-0.4, -0.2) is 46.0 Å². The van der Waals surface area contributed by atoms with E-state index in [-0.39, 0.29) is 29.5 Å². The van der Waals surface area contributed by atoms with Gasteiger partial charge < -0.3 is 20.0 Å². The third-order valence-electron chi connectivity index (χ3n) is 4.95. The van der Waals surface area contributed by atoms with Gasteiger partial charge in [0.05, 0.1) is 4.92 Å². The van der Waals surface area contributed by atoms with Crippen LogP contribution in [0.1, 0.15) is 42.0 Å². The second-order valence-electron chi connectivity index (χ2n) is 7.22. The highest BCUT2D eigenvalue weighted by Gasteiger charge is 2.29. The molecule has 0 radical (unpaired) electrons. The van der Waals surface area contributed by atoms with Gasteiger partial charge in [0.25, 0.3) is 5.91 Å². The molecule has 0 bridgehead atoms. The van der Waals surface area contributed by atoms with E-state index in [1.165, 1.54) is 6.20 Å². The molecule has 1 aliphatic heterocycles. The van der Waals surface area contributed by atoms with E-state index in [1.54, 1.807) is 19.1 Å². The maximum absolute atomic E-state index is 12.2. The summed E-state index contributed by atoms with van der Waals surface area (Å²) in [5.41, 5.74) is -0.105. The van der Waals surface area contributed by atoms with E-state index in [1.807, 2.05) is 4.90 Å². The fraction of sp³-hybridized carbons (Fsp3) is 0.500. The summed E-state index contributed by atoms with van der Waals surface area (Å²) in [5, 5.41) is 17.3. The lowest BCUT2D eigenvalue weighted by atomic mass is 10.1. The Morgan fingerprint density at radius 2 is 2.00 bits per heavy atom. The Morgan fingerprint density at radius 3 is 2.61 bits per heavy atom. The lowest BCUT2D eigenvalue weighted by Gasteiger charge is -2.32. The van der Waals surface area contributed by atoms with Gasteiger partial charge in [-0.15, -0.1) is 0 Å². The molecule has 0 unspecified atom stereocenters. The quantitative estimate of drug-likeness (QED) is 0.572. The third kappa shape index (κ3) is 4.05. The highest BCUT2D eigenvalue weighted by Crippen LogP contribution is 2.30. The lowest BCUT2D eigenvalue weighted by molar-refractivity contribution is -0.384. The van der Waals surface area contributed by atoms with Crippen LogP contribution in [0.3, 0.4) is 0 Å². The molecule has 1 saturated heterocycles. The van der Waals surface area contributed by atoms with Crippen molar-refractivity contribution in [2.45, 2.75) is 44.7 Å². The smallest absolute Gasteiger partial charge is 0.329 e. The van der Waals surface area contributed by atoms with Crippen LogP contribution in [0.15, 0.2) is 22.7 Å². The number of nitrogens with one attached hydrogen (secondary N) is 2. The molecular weight excluding hydrogens is 364 g/mol. The Bertz CT molecular complexity index is 886. The van der Waals surface area contributed by atoms with Crippen molar-refractivity contribution >= 4 is 23.4 Å². The molecule has 148 valence electrons. The second-order valence-corrected chi connectivity index (χ2v) is 7.22. The van der Waals surface area contributed by atoms with E-state index in [0.717, 1.165) is 25.7 Å². The fourth-order valence-electron chi connectivity index (χ4n) is 3.22. The van der Waals surface area contributed by atoms with Crippen LogP contribution in [-0.2, 0) is 0 Å². The average molecular weight is 386 g/mol. The predicted molar refractivity (Wildman–Crippen MR) is 101 cm³/mol. The largest absolute Gasteiger partial charge is 0.456 e. The molecule has 0 spiro atoms. The van der Waals surface area contributed by atoms with Gasteiger partial charge in [-0.2, -0.15) is 4.98 Å². The number of anilines is 2. The van der Waals surface area contributed by atoms with Gasteiger partial charge in [-0.25, -0.2) is 4.98 Å². The number of hydrogen-bond donors (Lipinski definition) is 2. The van der Waals surface area contributed by atoms with Crippen molar-refractivity contribution in [3.8, 4) is 0 Å². The molecule has 2 aromatic heterocycles. The molecule has 2 aromatic rings. The van der Waals surface area contributed by atoms with Gasteiger partial charge in [-0.05, 0) is 44.7 Å². The number of nitrogens with zero attached hydrogens (tertiary/aromatic N) is 4. The zero-order chi connectivity index (χ0) is 19.7. The molecule has 2 N–H and O–H groups in total. The minimum Gasteiger partial charge on any atom is -0.456 e. The van der Waals surface area contributed by atoms with Crippen molar-refractivity contribution in [3.63, 3.8) is 0 Å². The van der Waals surface area contributed by atoms with Crippen LogP contribution in [0.25, 0.3) is 0 Å². The Kier molecular flexibility index (Phi) is 4.84. The fourth-order valence-corrected chi connectivity index (χ4v) is 3.22. The summed E-state index contributed by atoms with van der Waals surface area (Å²) >= 11 is 0. The number of aryl methyl sites for hydroxylation is 1. The molecule has 3 heterocycles. The molecule has 10 nitrogen and oxygen atoms in total.